The number of imidazole rings is 1. The minimum atomic E-state index is -0.584. The Bertz CT molecular complexity index is 1030. The summed E-state index contributed by atoms with van der Waals surface area (Å²) in [6.45, 7) is 7.53. The summed E-state index contributed by atoms with van der Waals surface area (Å²) in [6.07, 6.45) is 6.14. The highest BCUT2D eigenvalue weighted by Crippen LogP contribution is 2.31. The Morgan fingerprint density at radius 3 is 2.61 bits per heavy atom. The zero-order valence-corrected chi connectivity index (χ0v) is 16.8. The van der Waals surface area contributed by atoms with Gasteiger partial charge in [0.1, 0.15) is 17.3 Å². The number of piperidine rings is 1. The van der Waals surface area contributed by atoms with Crippen LogP contribution in [-0.2, 0) is 12.6 Å². The van der Waals surface area contributed by atoms with Crippen LogP contribution >= 0.6 is 0 Å². The number of aromatic amines is 1. The Morgan fingerprint density at radius 1 is 1.29 bits per heavy atom. The zero-order valence-electron chi connectivity index (χ0n) is 16.8. The molecule has 0 aliphatic carbocycles. The summed E-state index contributed by atoms with van der Waals surface area (Å²) < 4.78 is 3.65. The predicted octanol–water partition coefficient (Wildman–Crippen LogP) is 1.56. The van der Waals surface area contributed by atoms with Gasteiger partial charge in [-0.15, -0.1) is 0 Å². The molecule has 1 atom stereocenters. The van der Waals surface area contributed by atoms with Gasteiger partial charge in [-0.2, -0.15) is 10.1 Å². The largest absolute Gasteiger partial charge is 0.385 e. The molecule has 0 bridgehead atoms. The Hall–Kier alpha value is -2.68. The molecule has 150 valence electrons. The third-order valence-corrected chi connectivity index (χ3v) is 5.47. The first-order valence-electron chi connectivity index (χ1n) is 9.64. The van der Waals surface area contributed by atoms with Gasteiger partial charge in [0.25, 0.3) is 5.56 Å². The maximum Gasteiger partial charge on any atom is 0.263 e. The summed E-state index contributed by atoms with van der Waals surface area (Å²) in [4.78, 5) is 26.5. The monoisotopic (exact) mass is 385 g/mol. The minimum Gasteiger partial charge on any atom is -0.385 e. The lowest BCUT2D eigenvalue weighted by atomic mass is 9.91. The number of aliphatic hydroxyl groups is 1. The van der Waals surface area contributed by atoms with Gasteiger partial charge in [0, 0.05) is 32.5 Å². The summed E-state index contributed by atoms with van der Waals surface area (Å²) >= 11 is 0. The maximum atomic E-state index is 12.5. The van der Waals surface area contributed by atoms with Crippen molar-refractivity contribution in [3.8, 4) is 0 Å². The van der Waals surface area contributed by atoms with Gasteiger partial charge in [0.05, 0.1) is 11.7 Å². The molecule has 1 unspecified atom stereocenters. The van der Waals surface area contributed by atoms with Gasteiger partial charge < -0.3 is 14.6 Å². The van der Waals surface area contributed by atoms with Gasteiger partial charge in [-0.25, -0.2) is 9.67 Å². The Balaban J connectivity index is 1.56. The van der Waals surface area contributed by atoms with Crippen LogP contribution in [0.15, 0.2) is 23.4 Å². The molecular formula is C19H27N7O2. The highest BCUT2D eigenvalue weighted by Gasteiger charge is 2.30. The van der Waals surface area contributed by atoms with Crippen molar-refractivity contribution in [3.05, 3.63) is 34.8 Å². The fourth-order valence-electron chi connectivity index (χ4n) is 3.85. The van der Waals surface area contributed by atoms with Crippen molar-refractivity contribution in [1.82, 2.24) is 29.3 Å². The number of aliphatic hydroxyl groups excluding tert-OH is 1. The highest BCUT2D eigenvalue weighted by atomic mass is 16.3. The Labute approximate surface area is 163 Å². The van der Waals surface area contributed by atoms with Crippen LogP contribution in [0.3, 0.4) is 0 Å². The third kappa shape index (κ3) is 3.19. The van der Waals surface area contributed by atoms with Crippen LogP contribution in [0.5, 0.6) is 0 Å². The molecule has 1 fully saturated rings. The predicted molar refractivity (Wildman–Crippen MR) is 106 cm³/mol. The molecule has 9 heteroatoms. The number of rotatable bonds is 3. The smallest absolute Gasteiger partial charge is 0.263 e. The number of nitrogens with one attached hydrogen (secondary N) is 1. The average Bonchev–Trinajstić information content (AvgIpc) is 3.27. The lowest BCUT2D eigenvalue weighted by Gasteiger charge is -2.34. The van der Waals surface area contributed by atoms with Crippen molar-refractivity contribution in [2.24, 2.45) is 13.0 Å². The molecule has 1 aliphatic heterocycles. The van der Waals surface area contributed by atoms with Gasteiger partial charge in [0.2, 0.25) is 5.95 Å². The second kappa shape index (κ2) is 6.73. The second-order valence-corrected chi connectivity index (χ2v) is 8.52. The number of anilines is 1. The minimum absolute atomic E-state index is 0.132. The molecule has 28 heavy (non-hydrogen) atoms. The average molecular weight is 385 g/mol. The van der Waals surface area contributed by atoms with E-state index in [4.69, 9.17) is 4.98 Å². The van der Waals surface area contributed by atoms with Gasteiger partial charge in [-0.05, 0) is 39.5 Å². The molecule has 4 heterocycles. The highest BCUT2D eigenvalue weighted by molar-refractivity contribution is 5.74. The van der Waals surface area contributed by atoms with Crippen LogP contribution in [-0.4, -0.2) is 47.5 Å². The van der Waals surface area contributed by atoms with E-state index in [1.807, 2.05) is 38.6 Å². The van der Waals surface area contributed by atoms with E-state index in [0.717, 1.165) is 12.8 Å². The molecule has 1 saturated heterocycles. The van der Waals surface area contributed by atoms with E-state index < -0.39 is 6.10 Å². The van der Waals surface area contributed by atoms with Gasteiger partial charge in [-0.1, -0.05) is 0 Å². The topological polar surface area (TPSA) is 105 Å². The molecule has 3 aromatic heterocycles. The number of nitrogens with zero attached hydrogens (tertiary/aromatic N) is 6. The van der Waals surface area contributed by atoms with Crippen LogP contribution in [0, 0.1) is 5.92 Å². The number of aryl methyl sites for hydroxylation is 1. The SMILES string of the molecule is Cn1ccnc1C(O)C1CCN(c2nc3c(cnn3C(C)(C)C)c(=O)[nH]2)CC1. The molecule has 2 N–H and O–H groups in total. The fraction of sp³-hybridized carbons (Fsp3) is 0.579. The number of aromatic nitrogens is 6. The van der Waals surface area contributed by atoms with Crippen LogP contribution in [0.1, 0.15) is 45.5 Å². The van der Waals surface area contributed by atoms with Crippen molar-refractivity contribution in [1.29, 1.82) is 0 Å². The summed E-state index contributed by atoms with van der Waals surface area (Å²) in [7, 11) is 1.89. The van der Waals surface area contributed by atoms with E-state index in [1.54, 1.807) is 17.1 Å². The number of hydrogen-bond donors (Lipinski definition) is 2. The van der Waals surface area contributed by atoms with Crippen LogP contribution < -0.4 is 10.5 Å². The molecule has 4 rings (SSSR count). The Kier molecular flexibility index (Phi) is 4.49. The van der Waals surface area contributed by atoms with Crippen LogP contribution in [0.25, 0.3) is 11.0 Å². The van der Waals surface area contributed by atoms with E-state index in [2.05, 4.69) is 20.0 Å². The first-order chi connectivity index (χ1) is 13.3. The summed E-state index contributed by atoms with van der Waals surface area (Å²) in [6, 6.07) is 0. The summed E-state index contributed by atoms with van der Waals surface area (Å²) in [5.74, 6) is 1.39. The van der Waals surface area contributed by atoms with E-state index >= 15 is 0 Å². The second-order valence-electron chi connectivity index (χ2n) is 8.52. The molecule has 0 radical (unpaired) electrons. The van der Waals surface area contributed by atoms with E-state index in [9.17, 15) is 9.90 Å². The number of hydrogen-bond acceptors (Lipinski definition) is 6. The first kappa shape index (κ1) is 18.7. The third-order valence-electron chi connectivity index (χ3n) is 5.47. The standard InChI is InChI=1S/C19H27N7O2/c1-19(2,3)26-15-13(11-21-26)17(28)23-18(22-15)25-8-5-12(6-9-25)14(27)16-20-7-10-24(16)4/h7,10-12,14,27H,5-6,8-9H2,1-4H3,(H,22,23,28). The summed E-state index contributed by atoms with van der Waals surface area (Å²) in [5.41, 5.74) is 0.158. The number of fused-ring (bicyclic) bond motifs is 1. The van der Waals surface area contributed by atoms with Gasteiger partial charge in [0.15, 0.2) is 5.65 Å². The van der Waals surface area contributed by atoms with E-state index in [1.165, 1.54) is 0 Å². The number of H-pyrrole nitrogens is 1. The lowest BCUT2D eigenvalue weighted by molar-refractivity contribution is 0.0823. The van der Waals surface area contributed by atoms with Crippen LogP contribution in [0.4, 0.5) is 5.95 Å². The van der Waals surface area contributed by atoms with Gasteiger partial charge >= 0.3 is 0 Å². The van der Waals surface area contributed by atoms with Gasteiger partial charge in [-0.3, -0.25) is 9.78 Å². The molecule has 0 spiro atoms. The van der Waals surface area contributed by atoms with E-state index in [0.29, 0.717) is 35.9 Å². The normalized spacial score (nSPS) is 17.4. The quantitative estimate of drug-likeness (QED) is 0.709. The molecule has 3 aromatic rings. The van der Waals surface area contributed by atoms with Crippen molar-refractivity contribution in [2.75, 3.05) is 18.0 Å². The fourth-order valence-corrected chi connectivity index (χ4v) is 3.85. The lowest BCUT2D eigenvalue weighted by Crippen LogP contribution is -2.38. The first-order valence-corrected chi connectivity index (χ1v) is 9.64. The van der Waals surface area contributed by atoms with Crippen LogP contribution in [0.2, 0.25) is 0 Å². The Morgan fingerprint density at radius 2 is 2.00 bits per heavy atom. The molecular weight excluding hydrogens is 358 g/mol. The van der Waals surface area contributed by atoms with Crippen molar-refractivity contribution in [2.45, 2.75) is 45.3 Å². The van der Waals surface area contributed by atoms with Crippen molar-refractivity contribution >= 4 is 17.0 Å². The molecule has 1 aliphatic rings. The van der Waals surface area contributed by atoms with Crippen molar-refractivity contribution in [3.63, 3.8) is 0 Å². The molecule has 0 saturated carbocycles. The summed E-state index contributed by atoms with van der Waals surface area (Å²) in [5, 5.41) is 15.5. The molecule has 9 nitrogen and oxygen atoms in total. The zero-order chi connectivity index (χ0) is 20.1. The van der Waals surface area contributed by atoms with Crippen molar-refractivity contribution < 1.29 is 5.11 Å². The molecule has 0 aromatic carbocycles. The maximum absolute atomic E-state index is 12.5. The van der Waals surface area contributed by atoms with E-state index in [-0.39, 0.29) is 17.0 Å². The molecule has 0 amide bonds.